The molecule has 1 amide bonds. The summed E-state index contributed by atoms with van der Waals surface area (Å²) in [5.74, 6) is -0.497. The van der Waals surface area contributed by atoms with E-state index in [4.69, 9.17) is 13.8 Å². The topological polar surface area (TPSA) is 111 Å². The van der Waals surface area contributed by atoms with Crippen molar-refractivity contribution in [2.24, 2.45) is 0 Å². The highest BCUT2D eigenvalue weighted by atomic mass is 31.2. The van der Waals surface area contributed by atoms with Crippen LogP contribution in [-0.2, 0) is 27.9 Å². The van der Waals surface area contributed by atoms with Crippen LogP contribution >= 0.6 is 7.82 Å². The maximum Gasteiger partial charge on any atom is 0.472 e. The molecule has 0 spiro atoms. The van der Waals surface area contributed by atoms with Gasteiger partial charge in [0.2, 0.25) is 5.91 Å². The Bertz CT molecular complexity index is 1350. The molecule has 0 aliphatic heterocycles. The van der Waals surface area contributed by atoms with Gasteiger partial charge in [0.1, 0.15) is 19.3 Å². The van der Waals surface area contributed by atoms with Crippen molar-refractivity contribution in [3.05, 3.63) is 24.3 Å². The van der Waals surface area contributed by atoms with Gasteiger partial charge in [0.05, 0.1) is 33.8 Å². The number of rotatable bonds is 61. The average Bonchev–Trinajstić information content (AvgIpc) is 3.38. The van der Waals surface area contributed by atoms with Gasteiger partial charge < -0.3 is 19.4 Å². The Balaban J connectivity index is 5.07. The lowest BCUT2D eigenvalue weighted by molar-refractivity contribution is -0.870. The zero-order chi connectivity index (χ0) is 55.7. The van der Waals surface area contributed by atoms with Crippen molar-refractivity contribution in [1.82, 2.24) is 5.32 Å². The Morgan fingerprint density at radius 2 is 0.763 bits per heavy atom. The van der Waals surface area contributed by atoms with Gasteiger partial charge in [-0.2, -0.15) is 0 Å². The molecule has 0 saturated carbocycles. The Hall–Kier alpha value is -1.51. The van der Waals surface area contributed by atoms with Crippen molar-refractivity contribution < 1.29 is 37.3 Å². The number of ether oxygens (including phenoxy) is 1. The number of phosphoric ester groups is 1. The number of hydrogen-bond donors (Lipinski definition) is 2. The van der Waals surface area contributed by atoms with Crippen LogP contribution in [0.15, 0.2) is 24.3 Å². The molecule has 450 valence electrons. The normalized spacial score (nSPS) is 13.7. The molecule has 0 aliphatic rings. The first kappa shape index (κ1) is 74.5. The number of esters is 1. The summed E-state index contributed by atoms with van der Waals surface area (Å²) in [5, 5.41) is 3.06. The van der Waals surface area contributed by atoms with E-state index < -0.39 is 20.0 Å². The first-order chi connectivity index (χ1) is 36.9. The number of nitrogens with one attached hydrogen (secondary N) is 1. The number of phosphoric acid groups is 1. The van der Waals surface area contributed by atoms with Crippen molar-refractivity contribution in [3.8, 4) is 0 Å². The van der Waals surface area contributed by atoms with E-state index in [0.29, 0.717) is 23.9 Å². The molecule has 3 atom stereocenters. The van der Waals surface area contributed by atoms with E-state index in [9.17, 15) is 19.0 Å². The summed E-state index contributed by atoms with van der Waals surface area (Å²) in [7, 11) is 1.51. The molecule has 0 fully saturated rings. The molecule has 10 heteroatoms. The second-order valence-electron chi connectivity index (χ2n) is 24.0. The fourth-order valence-electron chi connectivity index (χ4n) is 10.00. The Kier molecular flexibility index (Phi) is 55.6. The Labute approximate surface area is 473 Å². The summed E-state index contributed by atoms with van der Waals surface area (Å²) in [6.07, 6.45) is 67.6. The van der Waals surface area contributed by atoms with E-state index in [1.54, 1.807) is 0 Å². The number of quaternary nitrogens is 1. The SMILES string of the molecule is CCCCCCCCC/C=C/CCCCCCCC(=O)NC(COP(=O)(O)OCC[N+](C)(C)C)C(/C=C\CCCCCCCCCCC)OC(=O)CCCCCCCCCCCCCCCCCCCCCCCCC. The quantitative estimate of drug-likeness (QED) is 0.0205. The van der Waals surface area contributed by atoms with Crippen molar-refractivity contribution in [2.75, 3.05) is 40.9 Å². The highest BCUT2D eigenvalue weighted by Gasteiger charge is 2.30. The third-order valence-corrected chi connectivity index (χ3v) is 16.1. The molecular weight excluding hydrogens is 964 g/mol. The Morgan fingerprint density at radius 1 is 0.447 bits per heavy atom. The molecule has 3 unspecified atom stereocenters. The molecule has 9 nitrogen and oxygen atoms in total. The van der Waals surface area contributed by atoms with Crippen LogP contribution in [0.3, 0.4) is 0 Å². The second-order valence-corrected chi connectivity index (χ2v) is 25.5. The monoisotopic (exact) mass is 1090 g/mol. The molecule has 0 heterocycles. The average molecular weight is 1090 g/mol. The van der Waals surface area contributed by atoms with E-state index >= 15 is 0 Å². The molecule has 0 aromatic heterocycles. The van der Waals surface area contributed by atoms with Gasteiger partial charge in [0.15, 0.2) is 0 Å². The van der Waals surface area contributed by atoms with E-state index in [1.807, 2.05) is 33.3 Å². The highest BCUT2D eigenvalue weighted by molar-refractivity contribution is 7.47. The molecule has 0 radical (unpaired) electrons. The minimum atomic E-state index is -4.44. The largest absolute Gasteiger partial charge is 0.472 e. The van der Waals surface area contributed by atoms with Crippen LogP contribution in [0.2, 0.25) is 0 Å². The van der Waals surface area contributed by atoms with Crippen LogP contribution in [0, 0.1) is 0 Å². The molecule has 0 saturated heterocycles. The lowest BCUT2D eigenvalue weighted by Gasteiger charge is -2.27. The van der Waals surface area contributed by atoms with Gasteiger partial charge in [-0.15, -0.1) is 0 Å². The van der Waals surface area contributed by atoms with Gasteiger partial charge in [-0.25, -0.2) is 4.57 Å². The number of amides is 1. The van der Waals surface area contributed by atoms with Crippen LogP contribution in [0.25, 0.3) is 0 Å². The van der Waals surface area contributed by atoms with Crippen LogP contribution in [-0.4, -0.2) is 74.3 Å². The summed E-state index contributed by atoms with van der Waals surface area (Å²) >= 11 is 0. The number of allylic oxidation sites excluding steroid dienone is 3. The van der Waals surface area contributed by atoms with E-state index in [1.165, 1.54) is 225 Å². The standard InChI is InChI=1S/C66H129N2O7P/c1-7-10-13-16-19-22-25-27-29-31-32-33-34-35-36-37-39-41-44-47-50-53-56-59-66(70)75-64(57-54-51-48-45-42-24-21-18-15-12-9-3)63(62-74-76(71,72)73-61-60-68(4,5)6)67-65(69)58-55-52-49-46-43-40-38-30-28-26-23-20-17-14-11-8-2/h30,38,54,57,63-64H,7-29,31-37,39-53,55-56,58-62H2,1-6H3,(H-,67,69,71,72)/p+1/b38-30+,57-54-. The second kappa shape index (κ2) is 56.8. The lowest BCUT2D eigenvalue weighted by Crippen LogP contribution is -2.47. The molecule has 76 heavy (non-hydrogen) atoms. The summed E-state index contributed by atoms with van der Waals surface area (Å²) in [6, 6.07) is -0.847. The third-order valence-electron chi connectivity index (χ3n) is 15.1. The van der Waals surface area contributed by atoms with E-state index in [0.717, 1.165) is 77.0 Å². The summed E-state index contributed by atoms with van der Waals surface area (Å²) in [4.78, 5) is 37.7. The van der Waals surface area contributed by atoms with Crippen molar-refractivity contribution >= 4 is 19.7 Å². The lowest BCUT2D eigenvalue weighted by atomic mass is 10.0. The highest BCUT2D eigenvalue weighted by Crippen LogP contribution is 2.43. The Morgan fingerprint density at radius 3 is 1.12 bits per heavy atom. The predicted octanol–water partition coefficient (Wildman–Crippen LogP) is 20.5. The third kappa shape index (κ3) is 57.2. The van der Waals surface area contributed by atoms with E-state index in [-0.39, 0.29) is 25.1 Å². The smallest absolute Gasteiger partial charge is 0.456 e. The van der Waals surface area contributed by atoms with Crippen LogP contribution in [0.1, 0.15) is 335 Å². The number of likely N-dealkylation sites (N-methyl/N-ethyl adjacent to an activating group) is 1. The van der Waals surface area contributed by atoms with Crippen molar-refractivity contribution in [2.45, 2.75) is 348 Å². The van der Waals surface area contributed by atoms with Crippen molar-refractivity contribution in [1.29, 1.82) is 0 Å². The molecule has 0 rings (SSSR count). The predicted molar refractivity (Wildman–Crippen MR) is 328 cm³/mol. The fraction of sp³-hybridized carbons (Fsp3) is 0.909. The van der Waals surface area contributed by atoms with Gasteiger partial charge in [-0.05, 0) is 57.4 Å². The molecule has 2 N–H and O–H groups in total. The fourth-order valence-corrected chi connectivity index (χ4v) is 10.7. The van der Waals surface area contributed by atoms with Gasteiger partial charge in [-0.1, -0.05) is 289 Å². The maximum absolute atomic E-state index is 13.5. The molecule has 0 aromatic carbocycles. The number of hydrogen-bond acceptors (Lipinski definition) is 6. The molecular formula is C66H130N2O7P+. The van der Waals surface area contributed by atoms with Crippen molar-refractivity contribution in [3.63, 3.8) is 0 Å². The minimum Gasteiger partial charge on any atom is -0.456 e. The summed E-state index contributed by atoms with van der Waals surface area (Å²) < 4.78 is 30.7. The first-order valence-corrected chi connectivity index (χ1v) is 34.7. The first-order valence-electron chi connectivity index (χ1n) is 33.2. The zero-order valence-corrected chi connectivity index (χ0v) is 52.4. The summed E-state index contributed by atoms with van der Waals surface area (Å²) in [5.41, 5.74) is 0. The van der Waals surface area contributed by atoms with Crippen LogP contribution in [0.4, 0.5) is 0 Å². The number of unbranched alkanes of at least 4 members (excludes halogenated alkanes) is 43. The molecule has 0 aliphatic carbocycles. The van der Waals surface area contributed by atoms with Gasteiger partial charge >= 0.3 is 13.8 Å². The van der Waals surface area contributed by atoms with Gasteiger partial charge in [0.25, 0.3) is 0 Å². The number of carbonyl (C=O) groups is 2. The zero-order valence-electron chi connectivity index (χ0n) is 51.5. The number of nitrogens with zero attached hydrogens (tertiary/aromatic N) is 1. The molecule has 0 aromatic rings. The van der Waals surface area contributed by atoms with Crippen LogP contribution < -0.4 is 5.32 Å². The number of carbonyl (C=O) groups excluding carboxylic acids is 2. The van der Waals surface area contributed by atoms with E-state index in [2.05, 4.69) is 38.2 Å². The summed E-state index contributed by atoms with van der Waals surface area (Å²) in [6.45, 7) is 7.05. The molecule has 0 bridgehead atoms. The van der Waals surface area contributed by atoms with Gasteiger partial charge in [0, 0.05) is 12.8 Å². The maximum atomic E-state index is 13.5. The van der Waals surface area contributed by atoms with Crippen LogP contribution in [0.5, 0.6) is 0 Å². The van der Waals surface area contributed by atoms with Gasteiger partial charge in [-0.3, -0.25) is 18.6 Å². The minimum absolute atomic E-state index is 0.0421.